The van der Waals surface area contributed by atoms with Crippen molar-refractivity contribution in [2.24, 2.45) is 0 Å². The van der Waals surface area contributed by atoms with Gasteiger partial charge in [0.15, 0.2) is 0 Å². The fraction of sp³-hybridized carbons (Fsp3) is 0.917. The molecule has 1 saturated carbocycles. The van der Waals surface area contributed by atoms with Crippen LogP contribution in [0.4, 0.5) is 18.0 Å². The van der Waals surface area contributed by atoms with Crippen LogP contribution in [0.15, 0.2) is 0 Å². The maximum Gasteiger partial charge on any atom is 0.406 e. The zero-order valence-electron chi connectivity index (χ0n) is 10.4. The molecule has 0 N–H and O–H groups in total. The maximum atomic E-state index is 12.5. The lowest BCUT2D eigenvalue weighted by Gasteiger charge is -2.30. The minimum atomic E-state index is -4.30. The summed E-state index contributed by atoms with van der Waals surface area (Å²) in [5.41, 5.74) is 0. The maximum absolute atomic E-state index is 12.5. The van der Waals surface area contributed by atoms with Gasteiger partial charge in [0.1, 0.15) is 6.54 Å². The molecule has 104 valence electrons. The van der Waals surface area contributed by atoms with E-state index >= 15 is 0 Å². The van der Waals surface area contributed by atoms with E-state index in [9.17, 15) is 18.0 Å². The highest BCUT2D eigenvalue weighted by molar-refractivity contribution is 5.75. The van der Waals surface area contributed by atoms with Crippen molar-refractivity contribution >= 4 is 6.03 Å². The van der Waals surface area contributed by atoms with Crippen molar-refractivity contribution in [3.05, 3.63) is 0 Å². The van der Waals surface area contributed by atoms with Crippen LogP contribution in [-0.4, -0.2) is 47.7 Å². The summed E-state index contributed by atoms with van der Waals surface area (Å²) in [6.45, 7) is 0.0901. The molecular formula is C12H19F3N2O. The van der Waals surface area contributed by atoms with Crippen molar-refractivity contribution in [3.63, 3.8) is 0 Å². The van der Waals surface area contributed by atoms with Crippen LogP contribution in [-0.2, 0) is 0 Å². The van der Waals surface area contributed by atoms with Crippen LogP contribution in [0.2, 0.25) is 0 Å². The van der Waals surface area contributed by atoms with Crippen molar-refractivity contribution in [1.82, 2.24) is 9.80 Å². The molecule has 6 heteroatoms. The van der Waals surface area contributed by atoms with Gasteiger partial charge in [-0.3, -0.25) is 0 Å². The first-order chi connectivity index (χ1) is 8.47. The van der Waals surface area contributed by atoms with E-state index in [2.05, 4.69) is 0 Å². The zero-order valence-corrected chi connectivity index (χ0v) is 10.4. The molecule has 2 aliphatic rings. The molecule has 2 amide bonds. The topological polar surface area (TPSA) is 23.6 Å². The number of halogens is 3. The Morgan fingerprint density at radius 1 is 1.11 bits per heavy atom. The molecule has 0 atom stereocenters. The molecule has 0 radical (unpaired) electrons. The Hall–Kier alpha value is -0.940. The molecule has 0 unspecified atom stereocenters. The molecule has 1 heterocycles. The van der Waals surface area contributed by atoms with Crippen LogP contribution < -0.4 is 0 Å². The number of carbonyl (C=O) groups is 1. The third kappa shape index (κ3) is 3.78. The number of likely N-dealkylation sites (tertiary alicyclic amines) is 1. The molecule has 1 aliphatic carbocycles. The van der Waals surface area contributed by atoms with Gasteiger partial charge >= 0.3 is 12.2 Å². The first-order valence-corrected chi connectivity index (χ1v) is 6.60. The summed E-state index contributed by atoms with van der Waals surface area (Å²) < 4.78 is 37.5. The third-order valence-electron chi connectivity index (χ3n) is 3.46. The fourth-order valence-corrected chi connectivity index (χ4v) is 2.38. The molecule has 3 nitrogen and oxygen atoms in total. The van der Waals surface area contributed by atoms with Crippen molar-refractivity contribution in [2.45, 2.75) is 50.7 Å². The number of hydrogen-bond donors (Lipinski definition) is 0. The Bertz CT molecular complexity index is 294. The van der Waals surface area contributed by atoms with Crippen LogP contribution >= 0.6 is 0 Å². The van der Waals surface area contributed by atoms with Crippen LogP contribution in [0.1, 0.15) is 38.5 Å². The van der Waals surface area contributed by atoms with Crippen LogP contribution in [0.5, 0.6) is 0 Å². The Kier molecular flexibility index (Phi) is 4.02. The van der Waals surface area contributed by atoms with Crippen molar-refractivity contribution in [2.75, 3.05) is 19.6 Å². The summed E-state index contributed by atoms with van der Waals surface area (Å²) in [5.74, 6) is 0. The Morgan fingerprint density at radius 3 is 2.11 bits per heavy atom. The number of hydrogen-bond acceptors (Lipinski definition) is 1. The summed E-state index contributed by atoms with van der Waals surface area (Å²) >= 11 is 0. The van der Waals surface area contributed by atoms with E-state index in [-0.39, 0.29) is 6.04 Å². The molecule has 0 bridgehead atoms. The first-order valence-electron chi connectivity index (χ1n) is 6.60. The van der Waals surface area contributed by atoms with E-state index in [0.717, 1.165) is 30.6 Å². The molecule has 18 heavy (non-hydrogen) atoms. The predicted molar refractivity (Wildman–Crippen MR) is 61.2 cm³/mol. The van der Waals surface area contributed by atoms with Crippen LogP contribution in [0.3, 0.4) is 0 Å². The summed E-state index contributed by atoms with van der Waals surface area (Å²) in [6, 6.07) is -0.612. The van der Waals surface area contributed by atoms with E-state index in [1.54, 1.807) is 4.90 Å². The van der Waals surface area contributed by atoms with E-state index < -0.39 is 18.8 Å². The van der Waals surface area contributed by atoms with Gasteiger partial charge in [-0.1, -0.05) is 12.8 Å². The van der Waals surface area contributed by atoms with Crippen LogP contribution in [0.25, 0.3) is 0 Å². The highest BCUT2D eigenvalue weighted by Crippen LogP contribution is 2.31. The van der Waals surface area contributed by atoms with Crippen molar-refractivity contribution < 1.29 is 18.0 Å². The van der Waals surface area contributed by atoms with Crippen LogP contribution in [0, 0.1) is 0 Å². The van der Waals surface area contributed by atoms with Gasteiger partial charge in [-0.15, -0.1) is 0 Å². The van der Waals surface area contributed by atoms with Gasteiger partial charge in [0, 0.05) is 19.1 Å². The standard InChI is InChI=1S/C12H19F3N2O/c13-12(14,15)9-17(10-5-6-10)11(18)16-7-3-1-2-4-8-16/h10H,1-9H2. The Labute approximate surface area is 105 Å². The number of urea groups is 1. The minimum absolute atomic E-state index is 0.192. The Morgan fingerprint density at radius 2 is 1.67 bits per heavy atom. The van der Waals surface area contributed by atoms with Gasteiger partial charge in [0.2, 0.25) is 0 Å². The van der Waals surface area contributed by atoms with E-state index in [4.69, 9.17) is 0 Å². The predicted octanol–water partition coefficient (Wildman–Crippen LogP) is 3.01. The lowest BCUT2D eigenvalue weighted by atomic mass is 10.2. The minimum Gasteiger partial charge on any atom is -0.325 e. The highest BCUT2D eigenvalue weighted by atomic mass is 19.4. The average Bonchev–Trinajstić information content (AvgIpc) is 3.10. The van der Waals surface area contributed by atoms with E-state index in [0.29, 0.717) is 25.9 Å². The summed E-state index contributed by atoms with van der Waals surface area (Å²) in [7, 11) is 0. The summed E-state index contributed by atoms with van der Waals surface area (Å²) in [6.07, 6.45) is 1.03. The van der Waals surface area contributed by atoms with E-state index in [1.165, 1.54) is 0 Å². The van der Waals surface area contributed by atoms with Gasteiger partial charge < -0.3 is 9.80 Å². The number of nitrogens with zero attached hydrogens (tertiary/aromatic N) is 2. The monoisotopic (exact) mass is 264 g/mol. The van der Waals surface area contributed by atoms with Gasteiger partial charge in [-0.05, 0) is 25.7 Å². The Balaban J connectivity index is 1.98. The lowest BCUT2D eigenvalue weighted by molar-refractivity contribution is -0.142. The summed E-state index contributed by atoms with van der Waals surface area (Å²) in [5, 5.41) is 0. The third-order valence-corrected chi connectivity index (χ3v) is 3.46. The second-order valence-electron chi connectivity index (χ2n) is 5.16. The molecule has 2 fully saturated rings. The smallest absolute Gasteiger partial charge is 0.325 e. The van der Waals surface area contributed by atoms with Gasteiger partial charge in [-0.2, -0.15) is 13.2 Å². The van der Waals surface area contributed by atoms with Crippen molar-refractivity contribution in [3.8, 4) is 0 Å². The number of alkyl halides is 3. The fourth-order valence-electron chi connectivity index (χ4n) is 2.38. The number of rotatable bonds is 2. The second-order valence-corrected chi connectivity index (χ2v) is 5.16. The average molecular weight is 264 g/mol. The molecule has 0 aromatic heterocycles. The largest absolute Gasteiger partial charge is 0.406 e. The SMILES string of the molecule is O=C(N1CCCCCC1)N(CC(F)(F)F)C1CC1. The van der Waals surface area contributed by atoms with Crippen molar-refractivity contribution in [1.29, 1.82) is 0 Å². The summed E-state index contributed by atoms with van der Waals surface area (Å²) in [4.78, 5) is 14.8. The van der Waals surface area contributed by atoms with E-state index in [1.807, 2.05) is 0 Å². The first kappa shape index (κ1) is 13.5. The second kappa shape index (κ2) is 5.36. The molecule has 0 spiro atoms. The van der Waals surface area contributed by atoms with Gasteiger partial charge in [-0.25, -0.2) is 4.79 Å². The quantitative estimate of drug-likeness (QED) is 0.752. The molecule has 1 aliphatic heterocycles. The highest BCUT2D eigenvalue weighted by Gasteiger charge is 2.42. The van der Waals surface area contributed by atoms with Gasteiger partial charge in [0.05, 0.1) is 0 Å². The molecule has 0 aromatic rings. The van der Waals surface area contributed by atoms with Gasteiger partial charge in [0.25, 0.3) is 0 Å². The number of amides is 2. The lowest BCUT2D eigenvalue weighted by Crippen LogP contribution is -2.48. The molecule has 2 rings (SSSR count). The number of carbonyl (C=O) groups excluding carboxylic acids is 1. The molecule has 1 saturated heterocycles. The zero-order chi connectivity index (χ0) is 13.2. The molecular weight excluding hydrogens is 245 g/mol. The normalized spacial score (nSPS) is 21.6. The molecule has 0 aromatic carbocycles.